The fraction of sp³-hybridized carbons (Fsp3) is 0.348. The number of amides is 2. The average molecular weight is 394 g/mol. The number of rotatable bonds is 8. The van der Waals surface area contributed by atoms with Crippen molar-refractivity contribution >= 4 is 29.0 Å². The van der Waals surface area contributed by atoms with Crippen molar-refractivity contribution in [3.8, 4) is 5.75 Å². The third kappa shape index (κ3) is 5.02. The van der Waals surface area contributed by atoms with E-state index in [0.29, 0.717) is 29.1 Å². The molecular weight excluding hydrogens is 368 g/mol. The molecule has 0 fully saturated rings. The molecule has 0 atom stereocenters. The first kappa shape index (κ1) is 20.6. The number of carbonyl (C=O) groups excluding carboxylic acids is 3. The van der Waals surface area contributed by atoms with Crippen molar-refractivity contribution in [3.63, 3.8) is 0 Å². The standard InChI is InChI=1S/C23H26N2O4/c1-3-5-6-16-7-10-18(11-8-16)24-22(27)14-25-19-13-17(20(26)4-2)9-12-21(19)29-15-23(25)28/h7-13H,3-6,14-15H2,1-2H3,(H,24,27). The first-order chi connectivity index (χ1) is 14.0. The van der Waals surface area contributed by atoms with Crippen molar-refractivity contribution in [2.75, 3.05) is 23.4 Å². The maximum Gasteiger partial charge on any atom is 0.265 e. The van der Waals surface area contributed by atoms with Gasteiger partial charge in [0.1, 0.15) is 12.3 Å². The Morgan fingerprint density at radius 2 is 1.86 bits per heavy atom. The Balaban J connectivity index is 1.71. The number of anilines is 2. The van der Waals surface area contributed by atoms with Crippen LogP contribution in [0, 0.1) is 0 Å². The van der Waals surface area contributed by atoms with Crippen molar-refractivity contribution in [2.45, 2.75) is 39.5 Å². The molecule has 0 unspecified atom stereocenters. The normalized spacial score (nSPS) is 12.9. The van der Waals surface area contributed by atoms with E-state index in [-0.39, 0.29) is 30.7 Å². The Labute approximate surface area is 170 Å². The molecule has 29 heavy (non-hydrogen) atoms. The van der Waals surface area contributed by atoms with Gasteiger partial charge in [-0.05, 0) is 48.7 Å². The second kappa shape index (κ2) is 9.37. The molecule has 3 rings (SSSR count). The zero-order valence-corrected chi connectivity index (χ0v) is 16.9. The van der Waals surface area contributed by atoms with Gasteiger partial charge in [0, 0.05) is 17.7 Å². The van der Waals surface area contributed by atoms with Crippen LogP contribution >= 0.6 is 0 Å². The van der Waals surface area contributed by atoms with E-state index >= 15 is 0 Å². The van der Waals surface area contributed by atoms with Gasteiger partial charge in [-0.15, -0.1) is 0 Å². The van der Waals surface area contributed by atoms with Crippen LogP contribution in [0.15, 0.2) is 42.5 Å². The number of ketones is 1. The highest BCUT2D eigenvalue weighted by Crippen LogP contribution is 2.33. The van der Waals surface area contributed by atoms with Crippen LogP contribution in [0.1, 0.15) is 49.0 Å². The topological polar surface area (TPSA) is 75.7 Å². The van der Waals surface area contributed by atoms with Crippen LogP contribution in [0.4, 0.5) is 11.4 Å². The van der Waals surface area contributed by atoms with Crippen LogP contribution in [-0.2, 0) is 16.0 Å². The molecule has 2 amide bonds. The molecular formula is C23H26N2O4. The van der Waals surface area contributed by atoms with Gasteiger partial charge in [0.05, 0.1) is 5.69 Å². The third-order valence-electron chi connectivity index (χ3n) is 4.90. The van der Waals surface area contributed by atoms with Crippen LogP contribution in [-0.4, -0.2) is 30.7 Å². The first-order valence-electron chi connectivity index (χ1n) is 10.0. The number of benzene rings is 2. The molecule has 0 saturated heterocycles. The fourth-order valence-corrected chi connectivity index (χ4v) is 3.23. The highest BCUT2D eigenvalue weighted by atomic mass is 16.5. The number of hydrogen-bond acceptors (Lipinski definition) is 4. The van der Waals surface area contributed by atoms with Crippen molar-refractivity contribution in [1.82, 2.24) is 0 Å². The van der Waals surface area contributed by atoms with E-state index < -0.39 is 0 Å². The van der Waals surface area contributed by atoms with E-state index in [0.717, 1.165) is 19.3 Å². The van der Waals surface area contributed by atoms with Gasteiger partial charge in [0.25, 0.3) is 5.91 Å². The predicted octanol–water partition coefficient (Wildman–Crippen LogP) is 3.99. The molecule has 152 valence electrons. The minimum absolute atomic E-state index is 0.0293. The molecule has 6 heteroatoms. The summed E-state index contributed by atoms with van der Waals surface area (Å²) in [6.07, 6.45) is 3.65. The Kier molecular flexibility index (Phi) is 6.65. The van der Waals surface area contributed by atoms with Crippen molar-refractivity contribution < 1.29 is 19.1 Å². The first-order valence-corrected chi connectivity index (χ1v) is 10.0. The third-order valence-corrected chi connectivity index (χ3v) is 4.90. The van der Waals surface area contributed by atoms with Crippen molar-refractivity contribution in [3.05, 3.63) is 53.6 Å². The number of carbonyl (C=O) groups is 3. The fourth-order valence-electron chi connectivity index (χ4n) is 3.23. The molecule has 1 aliphatic heterocycles. The predicted molar refractivity (Wildman–Crippen MR) is 113 cm³/mol. The van der Waals surface area contributed by atoms with Gasteiger partial charge in [-0.2, -0.15) is 0 Å². The lowest BCUT2D eigenvalue weighted by atomic mass is 10.1. The molecule has 0 spiro atoms. The lowest BCUT2D eigenvalue weighted by Crippen LogP contribution is -2.43. The number of unbranched alkanes of at least 4 members (excludes halogenated alkanes) is 1. The number of Topliss-reactive ketones (excluding diaryl/α,β-unsaturated/α-hetero) is 1. The minimum Gasteiger partial charge on any atom is -0.482 e. The summed E-state index contributed by atoms with van der Waals surface area (Å²) in [4.78, 5) is 38.3. The maximum atomic E-state index is 12.6. The van der Waals surface area contributed by atoms with Gasteiger partial charge in [-0.25, -0.2) is 0 Å². The monoisotopic (exact) mass is 394 g/mol. The average Bonchev–Trinajstić information content (AvgIpc) is 2.74. The van der Waals surface area contributed by atoms with Gasteiger partial charge in [0.15, 0.2) is 12.4 Å². The largest absolute Gasteiger partial charge is 0.482 e. The summed E-state index contributed by atoms with van der Waals surface area (Å²) >= 11 is 0. The molecule has 0 aliphatic carbocycles. The zero-order chi connectivity index (χ0) is 20.8. The lowest BCUT2D eigenvalue weighted by molar-refractivity contribution is -0.123. The molecule has 1 heterocycles. The summed E-state index contributed by atoms with van der Waals surface area (Å²) < 4.78 is 5.45. The van der Waals surface area contributed by atoms with Gasteiger partial charge in [-0.3, -0.25) is 19.3 Å². The SMILES string of the molecule is CCCCc1ccc(NC(=O)CN2C(=O)COc3ccc(C(=O)CC)cc32)cc1. The summed E-state index contributed by atoms with van der Waals surface area (Å²) in [5.41, 5.74) is 2.87. The van der Waals surface area contributed by atoms with Crippen molar-refractivity contribution in [1.29, 1.82) is 0 Å². The van der Waals surface area contributed by atoms with Crippen LogP contribution in [0.5, 0.6) is 5.75 Å². The minimum atomic E-state index is -0.316. The molecule has 1 aliphatic rings. The van der Waals surface area contributed by atoms with Crippen LogP contribution in [0.25, 0.3) is 0 Å². The van der Waals surface area contributed by atoms with Crippen LogP contribution < -0.4 is 15.0 Å². The zero-order valence-electron chi connectivity index (χ0n) is 16.9. The van der Waals surface area contributed by atoms with Gasteiger partial charge in [0.2, 0.25) is 5.91 Å². The van der Waals surface area contributed by atoms with E-state index in [1.807, 2.05) is 24.3 Å². The summed E-state index contributed by atoms with van der Waals surface area (Å²) in [6.45, 7) is 3.66. The number of nitrogens with one attached hydrogen (secondary N) is 1. The van der Waals surface area contributed by atoms with E-state index in [1.165, 1.54) is 10.5 Å². The highest BCUT2D eigenvalue weighted by Gasteiger charge is 2.28. The van der Waals surface area contributed by atoms with E-state index in [9.17, 15) is 14.4 Å². The molecule has 6 nitrogen and oxygen atoms in total. The molecule has 0 aromatic heterocycles. The van der Waals surface area contributed by atoms with Crippen molar-refractivity contribution in [2.24, 2.45) is 0 Å². The number of nitrogens with zero attached hydrogens (tertiary/aromatic N) is 1. The molecule has 0 radical (unpaired) electrons. The summed E-state index contributed by atoms with van der Waals surface area (Å²) in [5.74, 6) is -0.160. The molecule has 2 aromatic rings. The Morgan fingerprint density at radius 1 is 1.10 bits per heavy atom. The van der Waals surface area contributed by atoms with E-state index in [2.05, 4.69) is 12.2 Å². The Bertz CT molecular complexity index is 906. The molecule has 0 saturated carbocycles. The van der Waals surface area contributed by atoms with E-state index in [4.69, 9.17) is 4.74 Å². The molecule has 1 N–H and O–H groups in total. The van der Waals surface area contributed by atoms with Crippen LogP contribution in [0.2, 0.25) is 0 Å². The Morgan fingerprint density at radius 3 is 2.55 bits per heavy atom. The second-order valence-corrected chi connectivity index (χ2v) is 7.08. The second-order valence-electron chi connectivity index (χ2n) is 7.08. The van der Waals surface area contributed by atoms with Crippen LogP contribution in [0.3, 0.4) is 0 Å². The summed E-state index contributed by atoms with van der Waals surface area (Å²) in [5, 5.41) is 2.83. The smallest absolute Gasteiger partial charge is 0.265 e. The lowest BCUT2D eigenvalue weighted by Gasteiger charge is -2.29. The summed E-state index contributed by atoms with van der Waals surface area (Å²) in [6, 6.07) is 12.7. The number of hydrogen-bond donors (Lipinski definition) is 1. The van der Waals surface area contributed by atoms with Gasteiger partial charge >= 0.3 is 0 Å². The van der Waals surface area contributed by atoms with Gasteiger partial charge < -0.3 is 10.1 Å². The quantitative estimate of drug-likeness (QED) is 0.687. The summed E-state index contributed by atoms with van der Waals surface area (Å²) in [7, 11) is 0. The van der Waals surface area contributed by atoms with Gasteiger partial charge in [-0.1, -0.05) is 32.4 Å². The van der Waals surface area contributed by atoms with E-state index in [1.54, 1.807) is 25.1 Å². The number of aryl methyl sites for hydroxylation is 1. The number of fused-ring (bicyclic) bond motifs is 1. The maximum absolute atomic E-state index is 12.6. The molecule has 0 bridgehead atoms. The molecule has 2 aromatic carbocycles. The number of ether oxygens (including phenoxy) is 1. The highest BCUT2D eigenvalue weighted by molar-refractivity contribution is 6.06. The Hall–Kier alpha value is -3.15.